The number of fused-ring (bicyclic) bond motifs is 1. The lowest BCUT2D eigenvalue weighted by molar-refractivity contribution is -0.149. The molecule has 3 amide bonds. The molecule has 0 spiro atoms. The number of imidazole rings is 1. The second-order valence-electron chi connectivity index (χ2n) is 21.0. The standard InChI is InChI=1S/C58H68Cl2N6O8/c1-58(2)31-47(45-11-7-8-12-48(45)58)46-30-54(68)66(33-39-15-20-42(60)29-52(39)74-44-21-16-38(17-22-44)50-32-61-53(64(50)5)35-65-25-9-10-26-65)49(23-24-55(69)70)51(67)28-40(36-73-6)56(71)63(4)43(34-62(3)57(46)72)27-37-13-18-41(59)19-14-37/h7-8,11-22,29,32,40,43,46-47,49H,9-10,23-28,30-31,33-36H2,1-6H3,(H,69,70)/t40-,43+,46-,47-,49-/m0/s1. The number of carboxylic acids is 1. The zero-order chi connectivity index (χ0) is 52.8. The second-order valence-corrected chi connectivity index (χ2v) is 21.9. The summed E-state index contributed by atoms with van der Waals surface area (Å²) in [5, 5.41) is 11.1. The van der Waals surface area contributed by atoms with E-state index in [0.29, 0.717) is 39.9 Å². The Hall–Kier alpha value is -6.06. The summed E-state index contributed by atoms with van der Waals surface area (Å²) in [5.74, 6) is -3.36. The largest absolute Gasteiger partial charge is 0.481 e. The Balaban J connectivity index is 1.17. The summed E-state index contributed by atoms with van der Waals surface area (Å²) in [7, 11) is 6.85. The van der Waals surface area contributed by atoms with Crippen LogP contribution in [-0.4, -0.2) is 123 Å². The van der Waals surface area contributed by atoms with Gasteiger partial charge in [-0.1, -0.05) is 79.5 Å². The topological polar surface area (TPSA) is 155 Å². The number of hydrogen-bond acceptors (Lipinski definition) is 9. The predicted octanol–water partition coefficient (Wildman–Crippen LogP) is 9.58. The van der Waals surface area contributed by atoms with Crippen LogP contribution in [-0.2, 0) is 60.7 Å². The number of likely N-dealkylation sites (tertiary alicyclic amines) is 1. The maximum absolute atomic E-state index is 15.6. The van der Waals surface area contributed by atoms with Crippen molar-refractivity contribution in [1.29, 1.82) is 0 Å². The van der Waals surface area contributed by atoms with Gasteiger partial charge in [-0.25, -0.2) is 4.98 Å². The van der Waals surface area contributed by atoms with Crippen molar-refractivity contribution in [2.24, 2.45) is 18.9 Å². The lowest BCUT2D eigenvalue weighted by Crippen LogP contribution is -2.52. The molecule has 74 heavy (non-hydrogen) atoms. The van der Waals surface area contributed by atoms with Gasteiger partial charge in [0.05, 0.1) is 55.5 Å². The average Bonchev–Trinajstić information content (AvgIpc) is 4.10. The molecule has 5 aromatic rings. The van der Waals surface area contributed by atoms with Crippen LogP contribution in [0.2, 0.25) is 10.0 Å². The monoisotopic (exact) mass is 1050 g/mol. The van der Waals surface area contributed by atoms with Gasteiger partial charge in [-0.3, -0.25) is 28.9 Å². The van der Waals surface area contributed by atoms with Crippen LogP contribution in [0.3, 0.4) is 0 Å². The molecule has 2 fully saturated rings. The highest BCUT2D eigenvalue weighted by molar-refractivity contribution is 6.31. The maximum atomic E-state index is 15.6. The van der Waals surface area contributed by atoms with Crippen molar-refractivity contribution in [2.75, 3.05) is 47.4 Å². The Kier molecular flexibility index (Phi) is 17.3. The van der Waals surface area contributed by atoms with Crippen LogP contribution in [0, 0.1) is 11.8 Å². The number of rotatable bonds is 15. The number of likely N-dealkylation sites (N-methyl/N-ethyl adjacent to an activating group) is 2. The Morgan fingerprint density at radius 2 is 1.54 bits per heavy atom. The first kappa shape index (κ1) is 54.2. The minimum absolute atomic E-state index is 0.121. The molecule has 0 saturated carbocycles. The van der Waals surface area contributed by atoms with Crippen LogP contribution in [0.25, 0.3) is 11.3 Å². The fraction of sp³-hybridized carbons (Fsp3) is 0.448. The Morgan fingerprint density at radius 1 is 0.838 bits per heavy atom. The number of aromatic nitrogens is 2. The molecule has 2 saturated heterocycles. The van der Waals surface area contributed by atoms with E-state index in [4.69, 9.17) is 37.7 Å². The number of carbonyl (C=O) groups is 5. The van der Waals surface area contributed by atoms with Crippen molar-refractivity contribution in [1.82, 2.24) is 29.2 Å². The van der Waals surface area contributed by atoms with Gasteiger partial charge in [0.15, 0.2) is 5.78 Å². The van der Waals surface area contributed by atoms with Crippen molar-refractivity contribution >= 4 is 52.7 Å². The van der Waals surface area contributed by atoms with Crippen LogP contribution < -0.4 is 4.74 Å². The molecule has 392 valence electrons. The molecule has 5 atom stereocenters. The van der Waals surface area contributed by atoms with Crippen molar-refractivity contribution < 1.29 is 38.6 Å². The predicted molar refractivity (Wildman–Crippen MR) is 285 cm³/mol. The Labute approximate surface area is 444 Å². The van der Waals surface area contributed by atoms with E-state index in [1.165, 1.54) is 24.9 Å². The van der Waals surface area contributed by atoms with Gasteiger partial charge in [-0.05, 0) is 122 Å². The van der Waals surface area contributed by atoms with E-state index in [9.17, 15) is 14.7 Å². The minimum Gasteiger partial charge on any atom is -0.481 e. The van der Waals surface area contributed by atoms with Crippen LogP contribution >= 0.6 is 23.2 Å². The van der Waals surface area contributed by atoms with Gasteiger partial charge >= 0.3 is 5.97 Å². The molecule has 16 heteroatoms. The van der Waals surface area contributed by atoms with E-state index in [1.54, 1.807) is 54.2 Å². The van der Waals surface area contributed by atoms with Crippen molar-refractivity contribution in [3.05, 3.63) is 135 Å². The van der Waals surface area contributed by atoms with E-state index < -0.39 is 48.0 Å². The fourth-order valence-electron chi connectivity index (χ4n) is 11.3. The van der Waals surface area contributed by atoms with E-state index >= 15 is 14.4 Å². The Morgan fingerprint density at radius 3 is 2.24 bits per heavy atom. The molecular weight excluding hydrogens is 980 g/mol. The third-order valence-corrected chi connectivity index (χ3v) is 15.9. The van der Waals surface area contributed by atoms with Crippen LogP contribution in [0.4, 0.5) is 0 Å². The summed E-state index contributed by atoms with van der Waals surface area (Å²) in [6, 6.07) is 26.1. The van der Waals surface area contributed by atoms with Gasteiger partial charge in [0.2, 0.25) is 17.7 Å². The Bertz CT molecular complexity index is 2830. The number of ether oxygens (including phenoxy) is 2. The van der Waals surface area contributed by atoms with Gasteiger partial charge in [0.25, 0.3) is 0 Å². The summed E-state index contributed by atoms with van der Waals surface area (Å²) in [5.41, 5.74) is 5.01. The number of halogens is 2. The quantitative estimate of drug-likeness (QED) is 0.107. The molecule has 1 aliphatic carbocycles. The zero-order valence-electron chi connectivity index (χ0n) is 43.3. The summed E-state index contributed by atoms with van der Waals surface area (Å²) >= 11 is 12.9. The van der Waals surface area contributed by atoms with E-state index in [0.717, 1.165) is 53.4 Å². The lowest BCUT2D eigenvalue weighted by atomic mass is 9.80. The molecule has 2 aliphatic heterocycles. The molecule has 1 aromatic heterocycles. The van der Waals surface area contributed by atoms with Gasteiger partial charge in [0.1, 0.15) is 17.3 Å². The molecule has 3 heterocycles. The van der Waals surface area contributed by atoms with Gasteiger partial charge in [-0.15, -0.1) is 0 Å². The number of carbonyl (C=O) groups excluding carboxylic acids is 4. The average molecular weight is 1050 g/mol. The van der Waals surface area contributed by atoms with E-state index in [-0.39, 0.29) is 62.1 Å². The van der Waals surface area contributed by atoms with Crippen molar-refractivity contribution in [2.45, 2.75) is 102 Å². The molecule has 0 unspecified atom stereocenters. The number of hydrogen-bond donors (Lipinski definition) is 1. The zero-order valence-corrected chi connectivity index (χ0v) is 44.8. The number of aliphatic carboxylic acids is 1. The number of nitrogens with zero attached hydrogens (tertiary/aromatic N) is 6. The number of amides is 3. The van der Waals surface area contributed by atoms with Crippen molar-refractivity contribution in [3.8, 4) is 22.8 Å². The third kappa shape index (κ3) is 12.5. The highest BCUT2D eigenvalue weighted by atomic mass is 35.5. The first-order valence-electron chi connectivity index (χ1n) is 25.6. The second kappa shape index (κ2) is 23.6. The SMILES string of the molecule is COC[C@@H]1CC(=O)[C@H](CCC(=O)O)N(Cc2ccc(Cl)cc2Oc2ccc(-c3cnc(CN4CCCC4)n3C)cc2)C(=O)C[C@@H]([C@H]2CC(C)(C)c3ccccc32)C(=O)N(C)C[C@@H](Cc2ccc(Cl)cc2)N(C)C1=O. The first-order chi connectivity index (χ1) is 35.4. The summed E-state index contributed by atoms with van der Waals surface area (Å²) in [6.07, 6.45) is 3.88. The number of methoxy groups -OCH3 is 1. The van der Waals surface area contributed by atoms with Gasteiger partial charge in [-0.2, -0.15) is 0 Å². The lowest BCUT2D eigenvalue weighted by Gasteiger charge is -2.38. The van der Waals surface area contributed by atoms with Gasteiger partial charge < -0.3 is 33.8 Å². The van der Waals surface area contributed by atoms with E-state index in [1.807, 2.05) is 67.8 Å². The number of ketones is 1. The molecule has 0 radical (unpaired) electrons. The molecule has 1 N–H and O–H groups in total. The molecular formula is C58H68Cl2N6O8. The van der Waals surface area contributed by atoms with Crippen LogP contribution in [0.1, 0.15) is 92.8 Å². The highest BCUT2D eigenvalue weighted by Gasteiger charge is 2.46. The smallest absolute Gasteiger partial charge is 0.303 e. The van der Waals surface area contributed by atoms with Gasteiger partial charge in [0, 0.05) is 75.2 Å². The fourth-order valence-corrected chi connectivity index (χ4v) is 11.6. The van der Waals surface area contributed by atoms with E-state index in [2.05, 4.69) is 29.4 Å². The molecule has 3 aliphatic rings. The summed E-state index contributed by atoms with van der Waals surface area (Å²) < 4.78 is 14.3. The number of carboxylic acid groups (broad SMARTS) is 1. The molecule has 4 aromatic carbocycles. The van der Waals surface area contributed by atoms with Crippen LogP contribution in [0.5, 0.6) is 11.5 Å². The first-order valence-corrected chi connectivity index (χ1v) is 26.3. The molecule has 14 nitrogen and oxygen atoms in total. The molecule has 0 bridgehead atoms. The number of benzene rings is 4. The number of Topliss-reactive ketones (excluding diaryl/α,β-unsaturated/α-hetero) is 1. The summed E-state index contributed by atoms with van der Waals surface area (Å²) in [4.78, 5) is 85.1. The maximum Gasteiger partial charge on any atom is 0.303 e. The van der Waals surface area contributed by atoms with Crippen molar-refractivity contribution in [3.63, 3.8) is 0 Å². The van der Waals surface area contributed by atoms with Crippen LogP contribution in [0.15, 0.2) is 97.2 Å². The summed E-state index contributed by atoms with van der Waals surface area (Å²) in [6.45, 7) is 6.99. The highest BCUT2D eigenvalue weighted by Crippen LogP contribution is 2.50. The molecule has 8 rings (SSSR count). The normalized spacial score (nSPS) is 22.1. The minimum atomic E-state index is -1.32. The third-order valence-electron chi connectivity index (χ3n) is 15.4.